The maximum atomic E-state index is 6.69. The molecule has 0 saturated carbocycles. The first-order chi connectivity index (χ1) is 13.8. The Kier molecular flexibility index (Phi) is 15.3. The van der Waals surface area contributed by atoms with E-state index in [1.807, 2.05) is 62.3 Å². The van der Waals surface area contributed by atoms with Crippen molar-refractivity contribution in [3.63, 3.8) is 0 Å². The van der Waals surface area contributed by atoms with E-state index in [9.17, 15) is 0 Å². The van der Waals surface area contributed by atoms with Crippen molar-refractivity contribution in [2.24, 2.45) is 0 Å². The average Bonchev–Trinajstić information content (AvgIpc) is 2.58. The summed E-state index contributed by atoms with van der Waals surface area (Å²) in [6.07, 6.45) is 1.67. The van der Waals surface area contributed by atoms with Gasteiger partial charge in [0.15, 0.2) is 0 Å². The van der Waals surface area contributed by atoms with Crippen LogP contribution in [0.4, 0.5) is 0 Å². The van der Waals surface area contributed by atoms with Crippen LogP contribution in [-0.4, -0.2) is 45.7 Å². The molecule has 0 aromatic heterocycles. The molecular formula is C21H48O7SiZr. The summed E-state index contributed by atoms with van der Waals surface area (Å²) in [5.41, 5.74) is 0. The molecule has 7 nitrogen and oxygen atoms in total. The summed E-state index contributed by atoms with van der Waals surface area (Å²) in [7, 11) is -3.67. The second-order valence-corrected chi connectivity index (χ2v) is 16.2. The first-order valence-corrected chi connectivity index (χ1v) is 17.2. The van der Waals surface area contributed by atoms with Crippen molar-refractivity contribution in [3.05, 3.63) is 0 Å². The Hall–Kier alpha value is 0.820. The van der Waals surface area contributed by atoms with E-state index in [1.54, 1.807) is 0 Å². The molecule has 0 heterocycles. The third-order valence-corrected chi connectivity index (χ3v) is 16.0. The van der Waals surface area contributed by atoms with Gasteiger partial charge in [0.25, 0.3) is 0 Å². The molecule has 0 radical (unpaired) electrons. The van der Waals surface area contributed by atoms with Gasteiger partial charge >= 0.3 is 194 Å². The predicted molar refractivity (Wildman–Crippen MR) is 118 cm³/mol. The zero-order chi connectivity index (χ0) is 23.5. The number of hydrogen-bond acceptors (Lipinski definition) is 7. The topological polar surface area (TPSA) is 64.6 Å². The minimum absolute atomic E-state index is 0.106. The van der Waals surface area contributed by atoms with Crippen LogP contribution in [0.1, 0.15) is 102 Å². The van der Waals surface area contributed by atoms with E-state index < -0.39 is 31.1 Å². The third-order valence-electron chi connectivity index (χ3n) is 4.15. The van der Waals surface area contributed by atoms with E-state index in [1.165, 1.54) is 0 Å². The van der Waals surface area contributed by atoms with Gasteiger partial charge in [0.05, 0.1) is 0 Å². The molecule has 0 aromatic carbocycles. The Balaban J connectivity index is 6.39. The van der Waals surface area contributed by atoms with Gasteiger partial charge in [-0.3, -0.25) is 0 Å². The van der Waals surface area contributed by atoms with Crippen LogP contribution in [0.25, 0.3) is 0 Å². The van der Waals surface area contributed by atoms with Crippen molar-refractivity contribution >= 4 is 9.05 Å². The van der Waals surface area contributed by atoms with Crippen LogP contribution < -0.4 is 0 Å². The van der Waals surface area contributed by atoms with Crippen LogP contribution in [-0.2, 0) is 46.2 Å². The molecule has 182 valence electrons. The van der Waals surface area contributed by atoms with Crippen LogP contribution >= 0.6 is 0 Å². The molecule has 0 N–H and O–H groups in total. The molecule has 0 fully saturated rings. The fourth-order valence-corrected chi connectivity index (χ4v) is 14.1. The average molecular weight is 532 g/mol. The summed E-state index contributed by atoms with van der Waals surface area (Å²) in [4.78, 5) is 0. The molecule has 0 saturated heterocycles. The second kappa shape index (κ2) is 14.9. The summed E-state index contributed by atoms with van der Waals surface area (Å²) in [5, 5.41) is 0. The molecule has 0 spiro atoms. The van der Waals surface area contributed by atoms with Crippen molar-refractivity contribution in [1.82, 2.24) is 0 Å². The third kappa shape index (κ3) is 12.2. The van der Waals surface area contributed by atoms with Crippen LogP contribution in [0, 0.1) is 0 Å². The van der Waals surface area contributed by atoms with Gasteiger partial charge in [-0.15, -0.1) is 0 Å². The van der Waals surface area contributed by atoms with Gasteiger partial charge in [-0.25, -0.2) is 0 Å². The molecule has 3 atom stereocenters. The normalized spacial score (nSPS) is 18.1. The quantitative estimate of drug-likeness (QED) is 0.214. The van der Waals surface area contributed by atoms with Crippen molar-refractivity contribution < 1.29 is 46.2 Å². The monoisotopic (exact) mass is 530 g/mol. The van der Waals surface area contributed by atoms with Crippen molar-refractivity contribution in [3.8, 4) is 0 Å². The van der Waals surface area contributed by atoms with Gasteiger partial charge < -0.3 is 0 Å². The SMILES string of the molecule is CCC(C)O[Si](OC(C)CC)(OC(C)CC)[O][Zr]([O]C(C)C)([O]C(C)C)[O]C(C)C. The molecule has 9 heteroatoms. The number of rotatable bonds is 17. The van der Waals surface area contributed by atoms with Gasteiger partial charge in [-0.2, -0.15) is 0 Å². The number of hydrogen-bond donors (Lipinski definition) is 0. The molecule has 0 aliphatic heterocycles. The summed E-state index contributed by atoms with van der Waals surface area (Å²) in [6.45, 7) is 23.9. The molecule has 0 rings (SSSR count). The summed E-state index contributed by atoms with van der Waals surface area (Å²) >= 11 is -4.63. The molecule has 0 aliphatic rings. The first-order valence-electron chi connectivity index (χ1n) is 11.6. The van der Waals surface area contributed by atoms with Gasteiger partial charge in [0.2, 0.25) is 0 Å². The van der Waals surface area contributed by atoms with Crippen LogP contribution in [0.2, 0.25) is 0 Å². The van der Waals surface area contributed by atoms with E-state index in [-0.39, 0.29) is 36.6 Å². The molecule has 0 bridgehead atoms. The van der Waals surface area contributed by atoms with Crippen LogP contribution in [0.15, 0.2) is 0 Å². The van der Waals surface area contributed by atoms with Gasteiger partial charge in [0.1, 0.15) is 0 Å². The van der Waals surface area contributed by atoms with Crippen molar-refractivity contribution in [2.45, 2.75) is 139 Å². The Labute approximate surface area is 193 Å². The molecule has 0 amide bonds. The Bertz CT molecular complexity index is 393. The zero-order valence-electron chi connectivity index (χ0n) is 21.4. The zero-order valence-corrected chi connectivity index (χ0v) is 24.9. The van der Waals surface area contributed by atoms with E-state index in [0.29, 0.717) is 0 Å². The molecule has 30 heavy (non-hydrogen) atoms. The van der Waals surface area contributed by atoms with Crippen molar-refractivity contribution in [2.75, 3.05) is 0 Å². The van der Waals surface area contributed by atoms with Crippen LogP contribution in [0.3, 0.4) is 0 Å². The predicted octanol–water partition coefficient (Wildman–Crippen LogP) is 5.97. The molecule has 0 aromatic rings. The second-order valence-electron chi connectivity index (χ2n) is 8.61. The standard InChI is InChI=1S/C12H27O4Si.3C3H7O.Zr/c1-7-10(4)14-17(13,15-11(5)8-2)16-12(6)9-3;3*1-3(2)4;/h10-12H,7-9H2,1-6H3;3*3H,1-2H3;/q4*-1;+4. The summed E-state index contributed by atoms with van der Waals surface area (Å²) in [5.74, 6) is 0. The maximum absolute atomic E-state index is 6.69. The van der Waals surface area contributed by atoms with Gasteiger partial charge in [-0.05, 0) is 0 Å². The van der Waals surface area contributed by atoms with Gasteiger partial charge in [-0.1, -0.05) is 0 Å². The molecular weight excluding hydrogens is 484 g/mol. The summed E-state index contributed by atoms with van der Waals surface area (Å²) in [6, 6.07) is 0. The fourth-order valence-electron chi connectivity index (χ4n) is 2.32. The Morgan fingerprint density at radius 1 is 0.533 bits per heavy atom. The van der Waals surface area contributed by atoms with E-state index in [4.69, 9.17) is 24.2 Å². The fraction of sp³-hybridized carbons (Fsp3) is 1.00. The summed E-state index contributed by atoms with van der Waals surface area (Å²) < 4.78 is 44.8. The Morgan fingerprint density at radius 2 is 0.800 bits per heavy atom. The molecule has 3 unspecified atom stereocenters. The minimum atomic E-state index is -4.63. The van der Waals surface area contributed by atoms with E-state index in [2.05, 4.69) is 20.8 Å². The first kappa shape index (κ1) is 30.8. The van der Waals surface area contributed by atoms with E-state index in [0.717, 1.165) is 19.3 Å². The van der Waals surface area contributed by atoms with E-state index >= 15 is 0 Å². The Morgan fingerprint density at radius 3 is 1.00 bits per heavy atom. The van der Waals surface area contributed by atoms with Crippen molar-refractivity contribution in [1.29, 1.82) is 0 Å². The molecule has 0 aliphatic carbocycles. The van der Waals surface area contributed by atoms with Gasteiger partial charge in [0, 0.05) is 0 Å². The van der Waals surface area contributed by atoms with Crippen LogP contribution in [0.5, 0.6) is 0 Å².